The number of rotatable bonds is 3. The van der Waals surface area contributed by atoms with Gasteiger partial charge in [-0.2, -0.15) is 0 Å². The monoisotopic (exact) mass is 347 g/mol. The predicted molar refractivity (Wildman–Crippen MR) is 88.6 cm³/mol. The van der Waals surface area contributed by atoms with Crippen LogP contribution in [-0.4, -0.2) is 26.1 Å². The minimum atomic E-state index is -0.300. The standard InChI is InChI=1S/C15H11Cl2N5O/c1-22-14(19-20-21-22)9-3-2-4-10(7-9)15(23)18-13-8-11(16)5-6-12(13)17/h2-8H,1H3,(H,18,23). The molecule has 23 heavy (non-hydrogen) atoms. The summed E-state index contributed by atoms with van der Waals surface area (Å²) in [6, 6.07) is 11.9. The Morgan fingerprint density at radius 1 is 1.17 bits per heavy atom. The molecular weight excluding hydrogens is 337 g/mol. The zero-order valence-corrected chi connectivity index (χ0v) is 13.5. The molecule has 0 bridgehead atoms. The van der Waals surface area contributed by atoms with E-state index in [2.05, 4.69) is 20.8 Å². The largest absolute Gasteiger partial charge is 0.321 e. The van der Waals surface area contributed by atoms with Crippen molar-refractivity contribution in [3.8, 4) is 11.4 Å². The number of amides is 1. The van der Waals surface area contributed by atoms with Gasteiger partial charge in [0.05, 0.1) is 10.7 Å². The average Bonchev–Trinajstić information content (AvgIpc) is 2.97. The Morgan fingerprint density at radius 3 is 2.74 bits per heavy atom. The number of benzene rings is 2. The van der Waals surface area contributed by atoms with Crippen molar-refractivity contribution >= 4 is 34.8 Å². The summed E-state index contributed by atoms with van der Waals surface area (Å²) in [5, 5.41) is 14.9. The van der Waals surface area contributed by atoms with E-state index in [0.29, 0.717) is 27.1 Å². The van der Waals surface area contributed by atoms with E-state index in [-0.39, 0.29) is 5.91 Å². The fourth-order valence-electron chi connectivity index (χ4n) is 2.06. The van der Waals surface area contributed by atoms with E-state index >= 15 is 0 Å². The summed E-state index contributed by atoms with van der Waals surface area (Å²) in [7, 11) is 1.73. The van der Waals surface area contributed by atoms with Crippen LogP contribution in [0.5, 0.6) is 0 Å². The first kappa shape index (κ1) is 15.5. The zero-order chi connectivity index (χ0) is 16.4. The van der Waals surface area contributed by atoms with Crippen LogP contribution in [0, 0.1) is 0 Å². The maximum absolute atomic E-state index is 12.4. The topological polar surface area (TPSA) is 72.7 Å². The third-order valence-corrected chi connectivity index (χ3v) is 3.74. The van der Waals surface area contributed by atoms with Crippen LogP contribution in [0.4, 0.5) is 5.69 Å². The fraction of sp³-hybridized carbons (Fsp3) is 0.0667. The van der Waals surface area contributed by atoms with Gasteiger partial charge >= 0.3 is 0 Å². The highest BCUT2D eigenvalue weighted by Crippen LogP contribution is 2.26. The van der Waals surface area contributed by atoms with Gasteiger partial charge in [-0.1, -0.05) is 35.3 Å². The SMILES string of the molecule is Cn1nnnc1-c1cccc(C(=O)Nc2cc(Cl)ccc2Cl)c1. The number of tetrazole rings is 1. The highest BCUT2D eigenvalue weighted by molar-refractivity contribution is 6.35. The number of halogens is 2. The molecule has 8 heteroatoms. The Labute approximate surface area is 142 Å². The summed E-state index contributed by atoms with van der Waals surface area (Å²) < 4.78 is 1.53. The number of hydrogen-bond acceptors (Lipinski definition) is 4. The van der Waals surface area contributed by atoms with E-state index in [1.165, 1.54) is 4.68 Å². The van der Waals surface area contributed by atoms with Crippen molar-refractivity contribution in [1.82, 2.24) is 20.2 Å². The number of nitrogens with one attached hydrogen (secondary N) is 1. The van der Waals surface area contributed by atoms with Gasteiger partial charge < -0.3 is 5.32 Å². The molecule has 6 nitrogen and oxygen atoms in total. The van der Waals surface area contributed by atoms with Gasteiger partial charge in [0.1, 0.15) is 0 Å². The number of aromatic nitrogens is 4. The van der Waals surface area contributed by atoms with Crippen molar-refractivity contribution in [3.05, 3.63) is 58.1 Å². The first-order valence-corrected chi connectivity index (χ1v) is 7.39. The molecule has 1 heterocycles. The first-order chi connectivity index (χ1) is 11.0. The second kappa shape index (κ2) is 6.36. The van der Waals surface area contributed by atoms with E-state index in [9.17, 15) is 4.79 Å². The van der Waals surface area contributed by atoms with Crippen LogP contribution in [0.2, 0.25) is 10.0 Å². The average molecular weight is 348 g/mol. The summed E-state index contributed by atoms with van der Waals surface area (Å²) in [6.07, 6.45) is 0. The smallest absolute Gasteiger partial charge is 0.255 e. The molecule has 0 saturated carbocycles. The maximum Gasteiger partial charge on any atom is 0.255 e. The first-order valence-electron chi connectivity index (χ1n) is 6.64. The number of anilines is 1. The van der Waals surface area contributed by atoms with Crippen LogP contribution >= 0.6 is 23.2 Å². The van der Waals surface area contributed by atoms with Gasteiger partial charge in [0.15, 0.2) is 5.82 Å². The van der Waals surface area contributed by atoms with Gasteiger partial charge in [0, 0.05) is 23.2 Å². The minimum absolute atomic E-state index is 0.300. The lowest BCUT2D eigenvalue weighted by Crippen LogP contribution is -2.12. The molecule has 0 aliphatic heterocycles. The lowest BCUT2D eigenvalue weighted by atomic mass is 10.1. The lowest BCUT2D eigenvalue weighted by Gasteiger charge is -2.08. The Bertz CT molecular complexity index is 878. The summed E-state index contributed by atoms with van der Waals surface area (Å²) in [5.74, 6) is 0.270. The summed E-state index contributed by atoms with van der Waals surface area (Å²) in [5.41, 5.74) is 1.65. The number of hydrogen-bond donors (Lipinski definition) is 1. The van der Waals surface area contributed by atoms with Crippen molar-refractivity contribution in [2.45, 2.75) is 0 Å². The molecule has 0 aliphatic rings. The van der Waals surface area contributed by atoms with Crippen LogP contribution in [0.1, 0.15) is 10.4 Å². The predicted octanol–water partition coefficient (Wildman–Crippen LogP) is 3.44. The highest BCUT2D eigenvalue weighted by Gasteiger charge is 2.12. The van der Waals surface area contributed by atoms with Crippen molar-refractivity contribution in [2.24, 2.45) is 7.05 Å². The molecule has 1 aromatic heterocycles. The number of carbonyl (C=O) groups excluding carboxylic acids is 1. The quantitative estimate of drug-likeness (QED) is 0.787. The van der Waals surface area contributed by atoms with Crippen LogP contribution in [0.25, 0.3) is 11.4 Å². The normalized spacial score (nSPS) is 10.6. The van der Waals surface area contributed by atoms with E-state index in [0.717, 1.165) is 5.56 Å². The molecule has 116 valence electrons. The van der Waals surface area contributed by atoms with Gasteiger partial charge in [0.2, 0.25) is 0 Å². The second-order valence-corrected chi connectivity index (χ2v) is 5.63. The molecule has 0 unspecified atom stereocenters. The number of nitrogens with zero attached hydrogens (tertiary/aromatic N) is 4. The molecule has 0 atom stereocenters. The van der Waals surface area contributed by atoms with Crippen LogP contribution in [0.15, 0.2) is 42.5 Å². The van der Waals surface area contributed by atoms with Crippen molar-refractivity contribution in [3.63, 3.8) is 0 Å². The maximum atomic E-state index is 12.4. The Morgan fingerprint density at radius 2 is 2.00 bits per heavy atom. The lowest BCUT2D eigenvalue weighted by molar-refractivity contribution is 0.102. The van der Waals surface area contributed by atoms with E-state index in [1.807, 2.05) is 6.07 Å². The Hall–Kier alpha value is -2.44. The van der Waals surface area contributed by atoms with Crippen LogP contribution in [0.3, 0.4) is 0 Å². The molecule has 1 N–H and O–H groups in total. The third kappa shape index (κ3) is 3.33. The van der Waals surface area contributed by atoms with Gasteiger partial charge in [0.25, 0.3) is 5.91 Å². The molecule has 3 rings (SSSR count). The minimum Gasteiger partial charge on any atom is -0.321 e. The molecule has 0 radical (unpaired) electrons. The molecule has 0 saturated heterocycles. The van der Waals surface area contributed by atoms with Crippen LogP contribution < -0.4 is 5.32 Å². The number of carbonyl (C=O) groups is 1. The zero-order valence-electron chi connectivity index (χ0n) is 12.0. The van der Waals surface area contributed by atoms with E-state index < -0.39 is 0 Å². The fourth-order valence-corrected chi connectivity index (χ4v) is 2.40. The Kier molecular flexibility index (Phi) is 4.27. The van der Waals surface area contributed by atoms with Crippen molar-refractivity contribution in [1.29, 1.82) is 0 Å². The Balaban J connectivity index is 1.88. The summed E-state index contributed by atoms with van der Waals surface area (Å²) in [4.78, 5) is 12.4. The van der Waals surface area contributed by atoms with E-state index in [4.69, 9.17) is 23.2 Å². The van der Waals surface area contributed by atoms with Crippen molar-refractivity contribution in [2.75, 3.05) is 5.32 Å². The molecular formula is C15H11Cl2N5O. The molecule has 0 aliphatic carbocycles. The van der Waals surface area contributed by atoms with Gasteiger partial charge in [-0.25, -0.2) is 4.68 Å². The molecule has 0 spiro atoms. The second-order valence-electron chi connectivity index (χ2n) is 4.79. The van der Waals surface area contributed by atoms with Gasteiger partial charge in [-0.05, 0) is 40.8 Å². The highest BCUT2D eigenvalue weighted by atomic mass is 35.5. The van der Waals surface area contributed by atoms with Gasteiger partial charge in [-0.15, -0.1) is 5.10 Å². The molecule has 1 amide bonds. The number of aryl methyl sites for hydroxylation is 1. The third-order valence-electron chi connectivity index (χ3n) is 3.18. The molecule has 3 aromatic rings. The van der Waals surface area contributed by atoms with Crippen LogP contribution in [-0.2, 0) is 7.05 Å². The van der Waals surface area contributed by atoms with E-state index in [1.54, 1.807) is 43.4 Å². The van der Waals surface area contributed by atoms with Gasteiger partial charge in [-0.3, -0.25) is 4.79 Å². The van der Waals surface area contributed by atoms with Crippen molar-refractivity contribution < 1.29 is 4.79 Å². The molecule has 2 aromatic carbocycles. The summed E-state index contributed by atoms with van der Waals surface area (Å²) in [6.45, 7) is 0. The summed E-state index contributed by atoms with van der Waals surface area (Å²) >= 11 is 12.0. The molecule has 0 fully saturated rings.